The molecule has 0 aliphatic heterocycles. The predicted octanol–water partition coefficient (Wildman–Crippen LogP) is 12.6. The number of allylic oxidation sites excluding steroid dienone is 22. The third kappa shape index (κ3) is 44.0. The van der Waals surface area contributed by atoms with Gasteiger partial charge in [-0.2, -0.15) is 0 Å². The van der Waals surface area contributed by atoms with Gasteiger partial charge in [0.2, 0.25) is 0 Å². The molecule has 0 radical (unpaired) electrons. The first kappa shape index (κ1) is 57.1. The van der Waals surface area contributed by atoms with Crippen molar-refractivity contribution in [1.82, 2.24) is 0 Å². The number of hydrogen-bond acceptors (Lipinski definition) is 8. The van der Waals surface area contributed by atoms with Crippen LogP contribution in [0.1, 0.15) is 129 Å². The van der Waals surface area contributed by atoms with Crippen LogP contribution in [0.5, 0.6) is 0 Å². The molecule has 0 aromatic rings. The summed E-state index contributed by atoms with van der Waals surface area (Å²) >= 11 is 0. The lowest BCUT2D eigenvalue weighted by Gasteiger charge is -2.20. The van der Waals surface area contributed by atoms with E-state index in [-0.39, 0.29) is 13.0 Å². The van der Waals surface area contributed by atoms with E-state index in [0.717, 1.165) is 103 Å². The second-order valence-electron chi connectivity index (χ2n) is 14.1. The van der Waals surface area contributed by atoms with Gasteiger partial charge in [-0.25, -0.2) is 4.57 Å². The summed E-state index contributed by atoms with van der Waals surface area (Å²) in [6, 6.07) is -1.50. The minimum absolute atomic E-state index is 0.0413. The van der Waals surface area contributed by atoms with E-state index in [4.69, 9.17) is 29.4 Å². The molecule has 3 atom stereocenters. The SMILES string of the molecule is CC/C=C\C/C=C\C/C=C\C/C=C\C/C=C\C/C=C\CCC(=O)OC(COCCCCCC/C=C\C/C=C\C/C=C\C/C=C\C/C=C\CC)COP(=O)(O)OCC(N)C(=O)O. The minimum atomic E-state index is -4.66. The molecule has 0 spiro atoms. The standard InChI is InChI=1S/C50H78NO9P/c1-3-5-7-9-11-13-15-17-19-21-23-25-27-29-31-33-35-37-39-41-43-57-44-47(45-58-61(55,56)59-46-48(51)50(53)54)60-49(52)42-40-38-36-34-32-30-28-26-24-22-20-18-16-14-12-10-8-6-4-2/h5-8,11-14,17-20,23-26,29-32,36,38,47-48H,3-4,9-10,15-16,21-22,27-28,33-35,37,39-46,51H2,1-2H3,(H,53,54)(H,55,56)/b7-5-,8-6-,13-11-,14-12-,19-17-,20-18-,25-23-,26-24-,31-29-,32-30-,38-36-. The van der Waals surface area contributed by atoms with Gasteiger partial charge in [0, 0.05) is 13.0 Å². The number of ether oxygens (including phenoxy) is 2. The van der Waals surface area contributed by atoms with E-state index in [2.05, 4.69) is 135 Å². The van der Waals surface area contributed by atoms with Gasteiger partial charge in [-0.1, -0.05) is 160 Å². The average molecular weight is 868 g/mol. The number of nitrogens with two attached hydrogens (primary N) is 1. The van der Waals surface area contributed by atoms with Crippen LogP contribution in [0.4, 0.5) is 0 Å². The average Bonchev–Trinajstić information content (AvgIpc) is 3.24. The smallest absolute Gasteiger partial charge is 0.472 e. The summed E-state index contributed by atoms with van der Waals surface area (Å²) in [7, 11) is -4.66. The number of phosphoric acid groups is 1. The Balaban J connectivity index is 4.45. The lowest BCUT2D eigenvalue weighted by molar-refractivity contribution is -0.154. The predicted molar refractivity (Wildman–Crippen MR) is 253 cm³/mol. The first-order valence-electron chi connectivity index (χ1n) is 22.2. The van der Waals surface area contributed by atoms with Crippen molar-refractivity contribution in [2.45, 2.75) is 142 Å². The Morgan fingerprint density at radius 1 is 0.525 bits per heavy atom. The van der Waals surface area contributed by atoms with Crippen molar-refractivity contribution in [2.24, 2.45) is 5.73 Å². The molecule has 342 valence electrons. The van der Waals surface area contributed by atoms with Crippen LogP contribution in [0.2, 0.25) is 0 Å². The molecule has 0 amide bonds. The van der Waals surface area contributed by atoms with Gasteiger partial charge in [-0.05, 0) is 96.3 Å². The number of unbranched alkanes of at least 4 members (excludes halogenated alkanes) is 4. The number of carboxylic acid groups (broad SMARTS) is 1. The van der Waals surface area contributed by atoms with Crippen molar-refractivity contribution in [1.29, 1.82) is 0 Å². The van der Waals surface area contributed by atoms with Crippen LogP contribution in [-0.2, 0) is 32.7 Å². The van der Waals surface area contributed by atoms with Crippen LogP contribution < -0.4 is 5.73 Å². The molecule has 61 heavy (non-hydrogen) atoms. The van der Waals surface area contributed by atoms with Gasteiger partial charge in [0.25, 0.3) is 0 Å². The molecular formula is C50H78NO9P. The molecule has 4 N–H and O–H groups in total. The van der Waals surface area contributed by atoms with Crippen LogP contribution >= 0.6 is 7.82 Å². The van der Waals surface area contributed by atoms with E-state index in [1.165, 1.54) is 0 Å². The zero-order chi connectivity index (χ0) is 44.8. The highest BCUT2D eigenvalue weighted by molar-refractivity contribution is 7.47. The Labute approximate surface area is 368 Å². The fourth-order valence-electron chi connectivity index (χ4n) is 5.07. The third-order valence-electron chi connectivity index (χ3n) is 8.44. The first-order valence-corrected chi connectivity index (χ1v) is 23.7. The molecule has 0 saturated heterocycles. The topological polar surface area (TPSA) is 155 Å². The number of aliphatic carboxylic acids is 1. The Kier molecular flexibility index (Phi) is 41.4. The van der Waals surface area contributed by atoms with Gasteiger partial charge in [-0.15, -0.1) is 0 Å². The highest BCUT2D eigenvalue weighted by Gasteiger charge is 2.27. The van der Waals surface area contributed by atoms with Gasteiger partial charge in [0.15, 0.2) is 0 Å². The van der Waals surface area contributed by atoms with E-state index in [1.807, 2.05) is 12.2 Å². The van der Waals surface area contributed by atoms with Gasteiger partial charge in [0.1, 0.15) is 12.1 Å². The lowest BCUT2D eigenvalue weighted by Crippen LogP contribution is -2.34. The summed E-state index contributed by atoms with van der Waals surface area (Å²) in [5, 5.41) is 8.90. The molecule has 0 aliphatic carbocycles. The quantitative estimate of drug-likeness (QED) is 0.0235. The molecule has 10 nitrogen and oxygen atoms in total. The summed E-state index contributed by atoms with van der Waals surface area (Å²) in [6.45, 7) is 3.46. The molecule has 11 heteroatoms. The van der Waals surface area contributed by atoms with Crippen molar-refractivity contribution in [3.8, 4) is 0 Å². The fourth-order valence-corrected chi connectivity index (χ4v) is 5.84. The molecule has 0 aromatic heterocycles. The minimum Gasteiger partial charge on any atom is -0.480 e. The molecular weight excluding hydrogens is 790 g/mol. The van der Waals surface area contributed by atoms with Crippen molar-refractivity contribution < 1.29 is 42.7 Å². The molecule has 0 heterocycles. The van der Waals surface area contributed by atoms with Gasteiger partial charge < -0.3 is 25.2 Å². The van der Waals surface area contributed by atoms with E-state index in [0.29, 0.717) is 13.0 Å². The van der Waals surface area contributed by atoms with Crippen LogP contribution in [0.25, 0.3) is 0 Å². The van der Waals surface area contributed by atoms with Crippen LogP contribution in [-0.4, -0.2) is 60.5 Å². The molecule has 0 bridgehead atoms. The summed E-state index contributed by atoms with van der Waals surface area (Å²) < 4.78 is 33.3. The Morgan fingerprint density at radius 3 is 1.33 bits per heavy atom. The molecule has 0 saturated carbocycles. The normalized spacial score (nSPS) is 15.1. The van der Waals surface area contributed by atoms with Crippen LogP contribution in [0.15, 0.2) is 134 Å². The number of phosphoric ester groups is 1. The fraction of sp³-hybridized carbons (Fsp3) is 0.520. The molecule has 0 aromatic carbocycles. The maximum atomic E-state index is 12.6. The van der Waals surface area contributed by atoms with Crippen LogP contribution in [0, 0.1) is 0 Å². The summed E-state index contributed by atoms with van der Waals surface area (Å²) in [5.41, 5.74) is 5.35. The van der Waals surface area contributed by atoms with Crippen molar-refractivity contribution in [2.75, 3.05) is 26.4 Å². The molecule has 3 unspecified atom stereocenters. The molecule has 0 rings (SSSR count). The van der Waals surface area contributed by atoms with Crippen molar-refractivity contribution in [3.05, 3.63) is 134 Å². The Bertz CT molecular complexity index is 1470. The van der Waals surface area contributed by atoms with Crippen molar-refractivity contribution >= 4 is 19.8 Å². The lowest BCUT2D eigenvalue weighted by atomic mass is 10.1. The maximum Gasteiger partial charge on any atom is 0.472 e. The maximum absolute atomic E-state index is 12.6. The van der Waals surface area contributed by atoms with Gasteiger partial charge >= 0.3 is 19.8 Å². The Morgan fingerprint density at radius 2 is 0.902 bits per heavy atom. The van der Waals surface area contributed by atoms with E-state index in [9.17, 15) is 19.0 Å². The summed E-state index contributed by atoms with van der Waals surface area (Å²) in [5.74, 6) is -1.89. The molecule has 0 fully saturated rings. The summed E-state index contributed by atoms with van der Waals surface area (Å²) in [4.78, 5) is 33.5. The van der Waals surface area contributed by atoms with Crippen LogP contribution in [0.3, 0.4) is 0 Å². The molecule has 0 aliphatic rings. The number of esters is 1. The number of hydrogen-bond donors (Lipinski definition) is 3. The number of carboxylic acids is 1. The second-order valence-corrected chi connectivity index (χ2v) is 15.5. The van der Waals surface area contributed by atoms with Crippen molar-refractivity contribution in [3.63, 3.8) is 0 Å². The second kappa shape index (κ2) is 44.2. The highest BCUT2D eigenvalue weighted by Crippen LogP contribution is 2.43. The largest absolute Gasteiger partial charge is 0.480 e. The highest BCUT2D eigenvalue weighted by atomic mass is 31.2. The Hall–Kier alpha value is -3.89. The number of carbonyl (C=O) groups is 2. The van der Waals surface area contributed by atoms with E-state index < -0.39 is 45.1 Å². The van der Waals surface area contributed by atoms with E-state index in [1.54, 1.807) is 0 Å². The number of carbonyl (C=O) groups excluding carboxylic acids is 1. The van der Waals surface area contributed by atoms with E-state index >= 15 is 0 Å². The third-order valence-corrected chi connectivity index (χ3v) is 9.39. The zero-order valence-corrected chi connectivity index (χ0v) is 38.1. The van der Waals surface area contributed by atoms with Gasteiger partial charge in [0.05, 0.1) is 19.8 Å². The zero-order valence-electron chi connectivity index (χ0n) is 37.2. The number of rotatable bonds is 40. The first-order chi connectivity index (χ1) is 29.7. The van der Waals surface area contributed by atoms with Gasteiger partial charge in [-0.3, -0.25) is 18.6 Å². The monoisotopic (exact) mass is 868 g/mol. The summed E-state index contributed by atoms with van der Waals surface area (Å²) in [6.07, 6.45) is 62.3.